The van der Waals surface area contributed by atoms with Crippen molar-refractivity contribution >= 4 is 43.2 Å². The van der Waals surface area contributed by atoms with Gasteiger partial charge in [-0.05, 0) is 49.4 Å². The highest BCUT2D eigenvalue weighted by Crippen LogP contribution is 2.24. The van der Waals surface area contributed by atoms with E-state index in [1.807, 2.05) is 30.3 Å². The average molecular weight is 452 g/mol. The van der Waals surface area contributed by atoms with Crippen molar-refractivity contribution in [2.75, 3.05) is 10.8 Å². The van der Waals surface area contributed by atoms with Gasteiger partial charge in [-0.15, -0.1) is 11.3 Å². The third kappa shape index (κ3) is 4.45. The summed E-state index contributed by atoms with van der Waals surface area (Å²) in [7, 11) is -3.80. The first-order valence-electron chi connectivity index (χ1n) is 9.79. The van der Waals surface area contributed by atoms with Crippen LogP contribution in [0.4, 0.5) is 5.69 Å². The van der Waals surface area contributed by atoms with E-state index in [4.69, 9.17) is 0 Å². The van der Waals surface area contributed by atoms with Gasteiger partial charge in [0.25, 0.3) is 15.9 Å². The molecule has 0 unspecified atom stereocenters. The molecule has 6 nitrogen and oxygen atoms in total. The highest BCUT2D eigenvalue weighted by atomic mass is 32.2. The van der Waals surface area contributed by atoms with Crippen molar-refractivity contribution < 1.29 is 13.2 Å². The van der Waals surface area contributed by atoms with Crippen LogP contribution in [-0.2, 0) is 16.6 Å². The molecule has 0 aliphatic rings. The van der Waals surface area contributed by atoms with E-state index in [0.29, 0.717) is 5.69 Å². The van der Waals surface area contributed by atoms with Gasteiger partial charge in [0.2, 0.25) is 0 Å². The predicted octanol–water partition coefficient (Wildman–Crippen LogP) is 4.44. The SMILES string of the molecule is CCN(c1ccccc1)S(=O)(=O)c1cccc(C(=O)NCc2nc3ccccc3s2)c1. The van der Waals surface area contributed by atoms with Crippen molar-refractivity contribution in [2.45, 2.75) is 18.4 Å². The zero-order valence-corrected chi connectivity index (χ0v) is 18.5. The van der Waals surface area contributed by atoms with Gasteiger partial charge in [-0.25, -0.2) is 13.4 Å². The third-order valence-electron chi connectivity index (χ3n) is 4.75. The number of hydrogen-bond donors (Lipinski definition) is 1. The average Bonchev–Trinajstić information content (AvgIpc) is 3.22. The summed E-state index contributed by atoms with van der Waals surface area (Å²) in [6.07, 6.45) is 0. The summed E-state index contributed by atoms with van der Waals surface area (Å²) in [5, 5.41) is 3.62. The summed E-state index contributed by atoms with van der Waals surface area (Å²) >= 11 is 1.52. The lowest BCUT2D eigenvalue weighted by atomic mass is 10.2. The van der Waals surface area contributed by atoms with E-state index < -0.39 is 10.0 Å². The Bertz CT molecular complexity index is 1290. The number of nitrogens with one attached hydrogen (secondary N) is 1. The molecule has 0 aliphatic heterocycles. The smallest absolute Gasteiger partial charge is 0.264 e. The number of sulfonamides is 1. The normalized spacial score (nSPS) is 11.4. The molecule has 0 radical (unpaired) electrons. The number of benzene rings is 3. The minimum Gasteiger partial charge on any atom is -0.346 e. The first-order chi connectivity index (χ1) is 15.0. The number of anilines is 1. The Morgan fingerprint density at radius 2 is 1.74 bits per heavy atom. The molecular formula is C23H21N3O3S2. The largest absolute Gasteiger partial charge is 0.346 e. The Morgan fingerprint density at radius 1 is 1.00 bits per heavy atom. The van der Waals surface area contributed by atoms with E-state index in [-0.39, 0.29) is 29.5 Å². The Hall–Kier alpha value is -3.23. The van der Waals surface area contributed by atoms with Crippen LogP contribution in [0.1, 0.15) is 22.3 Å². The first kappa shape index (κ1) is 21.0. The fraction of sp³-hybridized carbons (Fsp3) is 0.130. The van der Waals surface area contributed by atoms with E-state index in [9.17, 15) is 13.2 Å². The van der Waals surface area contributed by atoms with Crippen LogP contribution in [0.3, 0.4) is 0 Å². The minimum atomic E-state index is -3.80. The fourth-order valence-electron chi connectivity index (χ4n) is 3.26. The molecule has 1 heterocycles. The van der Waals surface area contributed by atoms with Crippen molar-refractivity contribution in [1.82, 2.24) is 10.3 Å². The second-order valence-corrected chi connectivity index (χ2v) is 9.77. The summed E-state index contributed by atoms with van der Waals surface area (Å²) in [5.41, 5.74) is 1.76. The molecule has 1 amide bonds. The maximum atomic E-state index is 13.2. The van der Waals surface area contributed by atoms with Crippen molar-refractivity contribution in [3.63, 3.8) is 0 Å². The molecule has 4 aromatic rings. The predicted molar refractivity (Wildman–Crippen MR) is 124 cm³/mol. The second kappa shape index (κ2) is 8.87. The zero-order valence-electron chi connectivity index (χ0n) is 16.9. The Morgan fingerprint density at radius 3 is 2.48 bits per heavy atom. The van der Waals surface area contributed by atoms with Gasteiger partial charge >= 0.3 is 0 Å². The molecule has 1 aromatic heterocycles. The Balaban J connectivity index is 1.53. The van der Waals surface area contributed by atoms with Crippen molar-refractivity contribution in [1.29, 1.82) is 0 Å². The van der Waals surface area contributed by atoms with Gasteiger partial charge in [-0.1, -0.05) is 36.4 Å². The standard InChI is InChI=1S/C23H21N3O3S2/c1-2-26(18-10-4-3-5-11-18)31(28,29)19-12-8-9-17(15-19)23(27)24-16-22-25-20-13-6-7-14-21(20)30-22/h3-15H,2,16H2,1H3,(H,24,27). The monoisotopic (exact) mass is 451 g/mol. The highest BCUT2D eigenvalue weighted by molar-refractivity contribution is 7.92. The van der Waals surface area contributed by atoms with Crippen molar-refractivity contribution in [3.05, 3.63) is 89.4 Å². The summed E-state index contributed by atoms with van der Waals surface area (Å²) < 4.78 is 28.8. The second-order valence-electron chi connectivity index (χ2n) is 6.79. The Kier molecular flexibility index (Phi) is 6.01. The molecule has 0 spiro atoms. The lowest BCUT2D eigenvalue weighted by Crippen LogP contribution is -2.31. The lowest BCUT2D eigenvalue weighted by molar-refractivity contribution is 0.0950. The summed E-state index contributed by atoms with van der Waals surface area (Å²) in [6.45, 7) is 2.33. The van der Waals surface area contributed by atoms with E-state index in [1.54, 1.807) is 43.3 Å². The molecule has 0 fully saturated rings. The fourth-order valence-corrected chi connectivity index (χ4v) is 5.69. The quantitative estimate of drug-likeness (QED) is 0.450. The van der Waals surface area contributed by atoms with Crippen LogP contribution in [0.15, 0.2) is 83.8 Å². The maximum Gasteiger partial charge on any atom is 0.264 e. The molecule has 3 aromatic carbocycles. The van der Waals surface area contributed by atoms with Crippen LogP contribution >= 0.6 is 11.3 Å². The van der Waals surface area contributed by atoms with Crippen LogP contribution in [0.25, 0.3) is 10.2 Å². The van der Waals surface area contributed by atoms with Crippen LogP contribution in [0.2, 0.25) is 0 Å². The minimum absolute atomic E-state index is 0.0749. The number of aromatic nitrogens is 1. The summed E-state index contributed by atoms with van der Waals surface area (Å²) in [5.74, 6) is -0.348. The van der Waals surface area contributed by atoms with E-state index in [2.05, 4.69) is 10.3 Å². The first-order valence-corrected chi connectivity index (χ1v) is 12.0. The number of fused-ring (bicyclic) bond motifs is 1. The van der Waals surface area contributed by atoms with E-state index >= 15 is 0 Å². The number of carbonyl (C=O) groups excluding carboxylic acids is 1. The lowest BCUT2D eigenvalue weighted by Gasteiger charge is -2.23. The summed E-state index contributed by atoms with van der Waals surface area (Å²) in [4.78, 5) is 17.3. The molecule has 0 saturated carbocycles. The molecule has 1 N–H and O–H groups in total. The number of hydrogen-bond acceptors (Lipinski definition) is 5. The van der Waals surface area contributed by atoms with E-state index in [0.717, 1.165) is 15.2 Å². The number of rotatable bonds is 7. The highest BCUT2D eigenvalue weighted by Gasteiger charge is 2.24. The van der Waals surface area contributed by atoms with Gasteiger partial charge in [-0.2, -0.15) is 0 Å². The van der Waals surface area contributed by atoms with Crippen LogP contribution in [0, 0.1) is 0 Å². The molecule has 0 bridgehead atoms. The number of amides is 1. The van der Waals surface area contributed by atoms with Gasteiger partial charge < -0.3 is 5.32 Å². The number of nitrogens with zero attached hydrogens (tertiary/aromatic N) is 2. The van der Waals surface area contributed by atoms with Gasteiger partial charge in [0.1, 0.15) is 5.01 Å². The molecule has 158 valence electrons. The maximum absolute atomic E-state index is 13.2. The molecule has 4 rings (SSSR count). The molecule has 0 atom stereocenters. The number of thiazole rings is 1. The molecule has 31 heavy (non-hydrogen) atoms. The molecule has 8 heteroatoms. The van der Waals surface area contributed by atoms with Crippen LogP contribution in [0.5, 0.6) is 0 Å². The van der Waals surface area contributed by atoms with Crippen LogP contribution in [-0.4, -0.2) is 25.9 Å². The van der Waals surface area contributed by atoms with Crippen molar-refractivity contribution in [3.8, 4) is 0 Å². The van der Waals surface area contributed by atoms with Gasteiger partial charge in [-0.3, -0.25) is 9.10 Å². The van der Waals surface area contributed by atoms with Crippen LogP contribution < -0.4 is 9.62 Å². The number of para-hydroxylation sites is 2. The topological polar surface area (TPSA) is 79.4 Å². The molecular weight excluding hydrogens is 430 g/mol. The van der Waals surface area contributed by atoms with Gasteiger partial charge in [0.15, 0.2) is 0 Å². The Labute approximate surface area is 185 Å². The van der Waals surface area contributed by atoms with E-state index in [1.165, 1.54) is 27.8 Å². The number of carbonyl (C=O) groups is 1. The summed E-state index contributed by atoms with van der Waals surface area (Å²) in [6, 6.07) is 22.8. The third-order valence-corrected chi connectivity index (χ3v) is 7.69. The van der Waals surface area contributed by atoms with Gasteiger partial charge in [0, 0.05) is 12.1 Å². The van der Waals surface area contributed by atoms with Crippen molar-refractivity contribution in [2.24, 2.45) is 0 Å². The zero-order chi connectivity index (χ0) is 21.8. The molecule has 0 saturated heterocycles. The molecule has 0 aliphatic carbocycles. The van der Waals surface area contributed by atoms with Gasteiger partial charge in [0.05, 0.1) is 27.3 Å².